The zero-order chi connectivity index (χ0) is 19.2. The van der Waals surface area contributed by atoms with Crippen molar-refractivity contribution in [2.75, 3.05) is 18.4 Å². The molecule has 148 valence electrons. The van der Waals surface area contributed by atoms with Gasteiger partial charge in [-0.2, -0.15) is 0 Å². The molecule has 1 fully saturated rings. The van der Waals surface area contributed by atoms with E-state index in [-0.39, 0.29) is 24.4 Å². The van der Waals surface area contributed by atoms with E-state index in [1.807, 2.05) is 11.0 Å². The third-order valence-electron chi connectivity index (χ3n) is 4.24. The van der Waals surface area contributed by atoms with Crippen LogP contribution in [0.4, 0.5) is 5.82 Å². The summed E-state index contributed by atoms with van der Waals surface area (Å²) in [7, 11) is 0. The van der Waals surface area contributed by atoms with Crippen LogP contribution in [0.1, 0.15) is 22.3 Å². The normalized spacial score (nSPS) is 15.9. The minimum atomic E-state index is -0.603. The molecule has 0 spiro atoms. The van der Waals surface area contributed by atoms with Gasteiger partial charge in [0.15, 0.2) is 0 Å². The van der Waals surface area contributed by atoms with Crippen molar-refractivity contribution in [3.8, 4) is 0 Å². The summed E-state index contributed by atoms with van der Waals surface area (Å²) in [5, 5.41) is 12.4. The summed E-state index contributed by atoms with van der Waals surface area (Å²) < 4.78 is 0. The third kappa shape index (κ3) is 5.69. The van der Waals surface area contributed by atoms with Crippen molar-refractivity contribution >= 4 is 47.7 Å². The van der Waals surface area contributed by atoms with Gasteiger partial charge in [0.1, 0.15) is 5.82 Å². The maximum absolute atomic E-state index is 12.5. The molecule has 1 aliphatic heterocycles. The summed E-state index contributed by atoms with van der Waals surface area (Å²) in [6.45, 7) is 1.28. The Bertz CT molecular complexity index is 841. The second-order valence-corrected chi connectivity index (χ2v) is 6.61. The molecule has 2 heterocycles. The molecule has 2 aromatic rings. The summed E-state index contributed by atoms with van der Waals surface area (Å²) in [4.78, 5) is 29.6. The van der Waals surface area contributed by atoms with E-state index in [0.29, 0.717) is 29.5 Å². The second kappa shape index (κ2) is 10.1. The molecule has 7 nitrogen and oxygen atoms in total. The molecule has 0 saturated carbocycles. The molecule has 0 aliphatic carbocycles. The predicted molar refractivity (Wildman–Crippen MR) is 110 cm³/mol. The fourth-order valence-corrected chi connectivity index (χ4v) is 2.97. The van der Waals surface area contributed by atoms with E-state index in [0.717, 1.165) is 12.0 Å². The van der Waals surface area contributed by atoms with Crippen LogP contribution in [0, 0.1) is 0 Å². The maximum Gasteiger partial charge on any atom is 0.267 e. The molecule has 1 saturated heterocycles. The highest BCUT2D eigenvalue weighted by molar-refractivity contribution is 6.30. The molecule has 9 heteroatoms. The Balaban J connectivity index is 0.00000280. The molecule has 1 aromatic heterocycles. The van der Waals surface area contributed by atoms with Gasteiger partial charge in [-0.15, -0.1) is 12.4 Å². The van der Waals surface area contributed by atoms with E-state index in [1.165, 1.54) is 11.6 Å². The number of aromatic nitrogens is 1. The molecule has 1 aromatic carbocycles. The second-order valence-electron chi connectivity index (χ2n) is 6.17. The Labute approximate surface area is 173 Å². The van der Waals surface area contributed by atoms with E-state index in [1.54, 1.807) is 42.6 Å². The minimum Gasteiger partial charge on any atom is -0.365 e. The van der Waals surface area contributed by atoms with Gasteiger partial charge in [-0.1, -0.05) is 11.6 Å². The molecule has 0 unspecified atom stereocenters. The molecule has 3 N–H and O–H groups in total. The lowest BCUT2D eigenvalue weighted by molar-refractivity contribution is -0.124. The number of carbonyl (C=O) groups excluding carboxylic acids is 2. The lowest BCUT2D eigenvalue weighted by atomic mass is 10.2. The van der Waals surface area contributed by atoms with Gasteiger partial charge >= 0.3 is 0 Å². The Kier molecular flexibility index (Phi) is 7.80. The van der Waals surface area contributed by atoms with Gasteiger partial charge in [0.25, 0.3) is 11.8 Å². The first-order chi connectivity index (χ1) is 13.0. The average molecular weight is 423 g/mol. The lowest BCUT2D eigenvalue weighted by Gasteiger charge is -2.17. The molecule has 1 atom stereocenters. The molecule has 0 bridgehead atoms. The number of amides is 2. The maximum atomic E-state index is 12.5. The number of nitrogens with one attached hydrogen (secondary N) is 2. The van der Waals surface area contributed by atoms with Crippen molar-refractivity contribution in [3.05, 3.63) is 64.8 Å². The Morgan fingerprint density at radius 3 is 2.61 bits per heavy atom. The smallest absolute Gasteiger partial charge is 0.267 e. The minimum absolute atomic E-state index is 0. The number of hydrogen-bond acceptors (Lipinski definition) is 5. The van der Waals surface area contributed by atoms with Crippen molar-refractivity contribution in [1.29, 1.82) is 0 Å². The van der Waals surface area contributed by atoms with Gasteiger partial charge in [0.2, 0.25) is 0 Å². The molecular formula is C19H20Cl2N4O3. The Morgan fingerprint density at radius 2 is 1.96 bits per heavy atom. The van der Waals surface area contributed by atoms with Crippen LogP contribution in [0.15, 0.2) is 48.7 Å². The number of carbonyl (C=O) groups is 2. The highest BCUT2D eigenvalue weighted by atomic mass is 35.5. The number of hydroxylamine groups is 1. The van der Waals surface area contributed by atoms with Crippen LogP contribution < -0.4 is 10.8 Å². The number of anilines is 1. The zero-order valence-corrected chi connectivity index (χ0v) is 16.4. The van der Waals surface area contributed by atoms with E-state index < -0.39 is 5.91 Å². The van der Waals surface area contributed by atoms with Crippen molar-refractivity contribution in [3.63, 3.8) is 0 Å². The van der Waals surface area contributed by atoms with Crippen LogP contribution >= 0.6 is 24.0 Å². The van der Waals surface area contributed by atoms with Crippen molar-refractivity contribution in [1.82, 2.24) is 15.4 Å². The summed E-state index contributed by atoms with van der Waals surface area (Å²) in [5.41, 5.74) is 2.88. The fraction of sp³-hybridized carbons (Fsp3) is 0.211. The average Bonchev–Trinajstić information content (AvgIpc) is 3.15. The Hall–Kier alpha value is -2.61. The van der Waals surface area contributed by atoms with Gasteiger partial charge in [-0.05, 0) is 54.5 Å². The van der Waals surface area contributed by atoms with E-state index in [9.17, 15) is 9.59 Å². The van der Waals surface area contributed by atoms with E-state index >= 15 is 0 Å². The number of benzene rings is 1. The SMILES string of the molecule is Cl.O=C(C=Cc1ccc(N[C@@H]2CCN(C(=O)c3ccc(Cl)cc3)C2)nc1)NO. The first-order valence-electron chi connectivity index (χ1n) is 8.45. The highest BCUT2D eigenvalue weighted by Crippen LogP contribution is 2.18. The number of likely N-dealkylation sites (tertiary alicyclic amines) is 1. The number of nitrogens with zero attached hydrogens (tertiary/aromatic N) is 2. The zero-order valence-electron chi connectivity index (χ0n) is 14.8. The largest absolute Gasteiger partial charge is 0.365 e. The fourth-order valence-electron chi connectivity index (χ4n) is 2.85. The van der Waals surface area contributed by atoms with Crippen molar-refractivity contribution in [2.45, 2.75) is 12.5 Å². The van der Waals surface area contributed by atoms with Crippen molar-refractivity contribution < 1.29 is 14.8 Å². The first-order valence-corrected chi connectivity index (χ1v) is 8.82. The molecule has 3 rings (SSSR count). The predicted octanol–water partition coefficient (Wildman–Crippen LogP) is 3.00. The van der Waals surface area contributed by atoms with Crippen LogP contribution in [-0.2, 0) is 4.79 Å². The monoisotopic (exact) mass is 422 g/mol. The van der Waals surface area contributed by atoms with Crippen LogP contribution in [0.25, 0.3) is 6.08 Å². The summed E-state index contributed by atoms with van der Waals surface area (Å²) in [5.74, 6) is 0.0877. The third-order valence-corrected chi connectivity index (χ3v) is 4.49. The van der Waals surface area contributed by atoms with Gasteiger partial charge in [0.05, 0.1) is 0 Å². The van der Waals surface area contributed by atoms with Crippen LogP contribution in [0.5, 0.6) is 0 Å². The van der Waals surface area contributed by atoms with E-state index in [2.05, 4.69) is 10.3 Å². The standard InChI is InChI=1S/C19H19ClN4O3.ClH/c20-15-5-3-14(4-6-15)19(26)24-10-9-16(12-24)22-17-7-1-13(11-21-17)2-8-18(25)23-27;/h1-8,11,16,27H,9-10,12H2,(H,21,22)(H,23,25);1H/t16-;/m1./s1. The molecular weight excluding hydrogens is 403 g/mol. The summed E-state index contributed by atoms with van der Waals surface area (Å²) in [6.07, 6.45) is 5.21. The van der Waals surface area contributed by atoms with E-state index in [4.69, 9.17) is 16.8 Å². The summed E-state index contributed by atoms with van der Waals surface area (Å²) in [6, 6.07) is 10.6. The van der Waals surface area contributed by atoms with Gasteiger partial charge in [-0.25, -0.2) is 10.5 Å². The van der Waals surface area contributed by atoms with Crippen LogP contribution in [-0.4, -0.2) is 46.0 Å². The lowest BCUT2D eigenvalue weighted by Crippen LogP contribution is -2.31. The molecule has 2 amide bonds. The van der Waals surface area contributed by atoms with Crippen LogP contribution in [0.3, 0.4) is 0 Å². The number of rotatable bonds is 5. The molecule has 1 aliphatic rings. The number of pyridine rings is 1. The van der Waals surface area contributed by atoms with Gasteiger partial charge in [0, 0.05) is 42.0 Å². The quantitative estimate of drug-likeness (QED) is 0.391. The number of halogens is 2. The van der Waals surface area contributed by atoms with Crippen LogP contribution in [0.2, 0.25) is 5.02 Å². The summed E-state index contributed by atoms with van der Waals surface area (Å²) >= 11 is 5.87. The highest BCUT2D eigenvalue weighted by Gasteiger charge is 2.27. The Morgan fingerprint density at radius 1 is 1.21 bits per heavy atom. The molecule has 28 heavy (non-hydrogen) atoms. The van der Waals surface area contributed by atoms with Crippen molar-refractivity contribution in [2.24, 2.45) is 0 Å². The number of hydrogen-bond donors (Lipinski definition) is 3. The topological polar surface area (TPSA) is 94.6 Å². The first kappa shape index (κ1) is 21.7. The van der Waals surface area contributed by atoms with Gasteiger partial charge < -0.3 is 10.2 Å². The van der Waals surface area contributed by atoms with Gasteiger partial charge in [-0.3, -0.25) is 14.8 Å². The molecule has 0 radical (unpaired) electrons.